The van der Waals surface area contributed by atoms with Crippen molar-refractivity contribution in [1.29, 1.82) is 0 Å². The lowest BCUT2D eigenvalue weighted by Gasteiger charge is -2.29. The number of benzene rings is 1. The van der Waals surface area contributed by atoms with Gasteiger partial charge in [0.15, 0.2) is 0 Å². The van der Waals surface area contributed by atoms with Crippen molar-refractivity contribution in [3.05, 3.63) is 30.7 Å². The zero-order chi connectivity index (χ0) is 14.2. The van der Waals surface area contributed by atoms with Crippen molar-refractivity contribution in [2.75, 3.05) is 37.7 Å². The highest BCUT2D eigenvalue weighted by molar-refractivity contribution is 5.84. The number of nitrogens with one attached hydrogen (secondary N) is 1. The van der Waals surface area contributed by atoms with Crippen molar-refractivity contribution in [3.8, 4) is 0 Å². The van der Waals surface area contributed by atoms with E-state index < -0.39 is 0 Å². The molecule has 2 heterocycles. The SMILES string of the molecule is CCOC=O.c1cc2cocc2cc1N1CCNCC1. The fraction of sp³-hybridized carbons (Fsp3) is 0.400. The first-order chi connectivity index (χ1) is 9.85. The second-order valence-corrected chi connectivity index (χ2v) is 4.47. The summed E-state index contributed by atoms with van der Waals surface area (Å²) in [5, 5.41) is 5.72. The molecule has 5 nitrogen and oxygen atoms in total. The van der Waals surface area contributed by atoms with E-state index in [1.807, 2.05) is 0 Å². The number of carbonyl (C=O) groups excluding carboxylic acids is 1. The molecule has 0 unspecified atom stereocenters. The van der Waals surface area contributed by atoms with Crippen LogP contribution in [-0.2, 0) is 9.53 Å². The fourth-order valence-corrected chi connectivity index (χ4v) is 2.14. The third-order valence-electron chi connectivity index (χ3n) is 3.18. The predicted molar refractivity (Wildman–Crippen MR) is 79.0 cm³/mol. The average molecular weight is 276 g/mol. The molecule has 0 aliphatic carbocycles. The van der Waals surface area contributed by atoms with Crippen LogP contribution in [0.4, 0.5) is 5.69 Å². The molecule has 0 bridgehead atoms. The maximum atomic E-state index is 9.18. The van der Waals surface area contributed by atoms with Crippen LogP contribution < -0.4 is 10.2 Å². The van der Waals surface area contributed by atoms with E-state index in [4.69, 9.17) is 4.42 Å². The van der Waals surface area contributed by atoms with Gasteiger partial charge in [0.05, 0.1) is 19.1 Å². The summed E-state index contributed by atoms with van der Waals surface area (Å²) in [6.07, 6.45) is 3.60. The Morgan fingerprint density at radius 3 is 2.70 bits per heavy atom. The summed E-state index contributed by atoms with van der Waals surface area (Å²) >= 11 is 0. The van der Waals surface area contributed by atoms with Crippen LogP contribution in [0.25, 0.3) is 10.8 Å². The maximum Gasteiger partial charge on any atom is 0.293 e. The van der Waals surface area contributed by atoms with Gasteiger partial charge in [0.25, 0.3) is 6.47 Å². The molecule has 3 rings (SSSR count). The Labute approximate surface area is 118 Å². The summed E-state index contributed by atoms with van der Waals surface area (Å²) in [5.41, 5.74) is 1.30. The smallest absolute Gasteiger partial charge is 0.293 e. The summed E-state index contributed by atoms with van der Waals surface area (Å²) in [5.74, 6) is 0. The molecule has 1 N–H and O–H groups in total. The number of furan rings is 1. The van der Waals surface area contributed by atoms with Gasteiger partial charge in [-0.05, 0) is 25.1 Å². The van der Waals surface area contributed by atoms with Gasteiger partial charge in [-0.3, -0.25) is 4.79 Å². The van der Waals surface area contributed by atoms with E-state index in [-0.39, 0.29) is 0 Å². The monoisotopic (exact) mass is 276 g/mol. The molecule has 2 aromatic rings. The highest BCUT2D eigenvalue weighted by atomic mass is 16.5. The summed E-state index contributed by atoms with van der Waals surface area (Å²) in [6, 6.07) is 6.49. The lowest BCUT2D eigenvalue weighted by molar-refractivity contribution is -0.128. The standard InChI is InChI=1S/C12H14N2O.C3H6O2/c1-2-12(14-5-3-13-4-6-14)7-11-9-15-8-10(1)11;1-2-5-3-4/h1-2,7-9,13H,3-6H2;3H,2H2,1H3. The zero-order valence-electron chi connectivity index (χ0n) is 11.7. The summed E-state index contributed by atoms with van der Waals surface area (Å²) in [6.45, 7) is 6.98. The molecule has 1 fully saturated rings. The number of ether oxygens (including phenoxy) is 1. The van der Waals surface area contributed by atoms with Crippen LogP contribution >= 0.6 is 0 Å². The van der Waals surface area contributed by atoms with Gasteiger partial charge in [0.1, 0.15) is 0 Å². The van der Waals surface area contributed by atoms with Crippen molar-refractivity contribution in [1.82, 2.24) is 5.32 Å². The topological polar surface area (TPSA) is 54.7 Å². The number of piperazine rings is 1. The average Bonchev–Trinajstić information content (AvgIpc) is 2.97. The molecule has 0 radical (unpaired) electrons. The molecule has 1 aliphatic heterocycles. The molecule has 20 heavy (non-hydrogen) atoms. The molecule has 5 heteroatoms. The molecular weight excluding hydrogens is 256 g/mol. The van der Waals surface area contributed by atoms with Gasteiger partial charge >= 0.3 is 0 Å². The predicted octanol–water partition coefficient (Wildman–Crippen LogP) is 2.02. The Bertz CT molecular complexity index is 533. The van der Waals surface area contributed by atoms with Gasteiger partial charge in [-0.25, -0.2) is 0 Å². The highest BCUT2D eigenvalue weighted by Gasteiger charge is 2.10. The number of nitrogens with zero attached hydrogens (tertiary/aromatic N) is 1. The minimum absolute atomic E-state index is 0.431. The molecule has 1 aliphatic rings. The van der Waals surface area contributed by atoms with Crippen LogP contribution in [0.5, 0.6) is 0 Å². The summed E-state index contributed by atoms with van der Waals surface area (Å²) in [4.78, 5) is 11.6. The second-order valence-electron chi connectivity index (χ2n) is 4.47. The van der Waals surface area contributed by atoms with Crippen molar-refractivity contribution in [3.63, 3.8) is 0 Å². The van der Waals surface area contributed by atoms with Gasteiger partial charge in [-0.15, -0.1) is 0 Å². The lowest BCUT2D eigenvalue weighted by atomic mass is 10.2. The minimum atomic E-state index is 0.431. The van der Waals surface area contributed by atoms with Crippen LogP contribution in [0.15, 0.2) is 35.1 Å². The van der Waals surface area contributed by atoms with Gasteiger partial charge in [0.2, 0.25) is 0 Å². The number of hydrogen-bond donors (Lipinski definition) is 1. The quantitative estimate of drug-likeness (QED) is 0.869. The van der Waals surface area contributed by atoms with Crippen molar-refractivity contribution < 1.29 is 13.9 Å². The summed E-state index contributed by atoms with van der Waals surface area (Å²) in [7, 11) is 0. The van der Waals surface area contributed by atoms with Crippen LogP contribution in [0.2, 0.25) is 0 Å². The van der Waals surface area contributed by atoms with Crippen LogP contribution in [0, 0.1) is 0 Å². The first-order valence-corrected chi connectivity index (χ1v) is 6.82. The first kappa shape index (κ1) is 14.4. The molecule has 108 valence electrons. The van der Waals surface area contributed by atoms with E-state index in [2.05, 4.69) is 33.2 Å². The first-order valence-electron chi connectivity index (χ1n) is 6.82. The van der Waals surface area contributed by atoms with E-state index in [1.165, 1.54) is 16.5 Å². The van der Waals surface area contributed by atoms with Gasteiger partial charge in [-0.1, -0.05) is 0 Å². The second kappa shape index (κ2) is 7.55. The Morgan fingerprint density at radius 1 is 1.30 bits per heavy atom. The van der Waals surface area contributed by atoms with E-state index in [1.54, 1.807) is 19.5 Å². The van der Waals surface area contributed by atoms with E-state index >= 15 is 0 Å². The molecule has 0 atom stereocenters. The van der Waals surface area contributed by atoms with Crippen LogP contribution in [0.3, 0.4) is 0 Å². The van der Waals surface area contributed by atoms with Crippen molar-refractivity contribution >= 4 is 22.9 Å². The van der Waals surface area contributed by atoms with Crippen LogP contribution in [-0.4, -0.2) is 39.3 Å². The molecule has 0 spiro atoms. The van der Waals surface area contributed by atoms with Crippen molar-refractivity contribution in [2.45, 2.75) is 6.92 Å². The normalized spacial score (nSPS) is 14.6. The molecule has 1 aromatic heterocycles. The fourth-order valence-electron chi connectivity index (χ4n) is 2.14. The van der Waals surface area contributed by atoms with E-state index in [0.29, 0.717) is 13.1 Å². The Kier molecular flexibility index (Phi) is 5.43. The van der Waals surface area contributed by atoms with Gasteiger partial charge in [-0.2, -0.15) is 0 Å². The molecular formula is C15H20N2O3. The molecule has 1 aromatic carbocycles. The van der Waals surface area contributed by atoms with E-state index in [0.717, 1.165) is 26.2 Å². The van der Waals surface area contributed by atoms with Crippen LogP contribution in [0.1, 0.15) is 6.92 Å². The zero-order valence-corrected chi connectivity index (χ0v) is 11.7. The third-order valence-corrected chi connectivity index (χ3v) is 3.18. The lowest BCUT2D eigenvalue weighted by Crippen LogP contribution is -2.43. The number of carbonyl (C=O) groups is 1. The Balaban J connectivity index is 0.000000257. The summed E-state index contributed by atoms with van der Waals surface area (Å²) < 4.78 is 9.33. The molecule has 1 saturated heterocycles. The number of hydrogen-bond acceptors (Lipinski definition) is 5. The Morgan fingerprint density at radius 2 is 2.05 bits per heavy atom. The maximum absolute atomic E-state index is 9.18. The van der Waals surface area contributed by atoms with E-state index in [9.17, 15) is 4.79 Å². The molecule has 0 amide bonds. The largest absolute Gasteiger partial charge is 0.471 e. The van der Waals surface area contributed by atoms with Gasteiger partial charge < -0.3 is 19.4 Å². The number of fused-ring (bicyclic) bond motifs is 1. The highest BCUT2D eigenvalue weighted by Crippen LogP contribution is 2.23. The van der Waals surface area contributed by atoms with Gasteiger partial charge in [0, 0.05) is 42.6 Å². The number of anilines is 1. The Hall–Kier alpha value is -2.01. The minimum Gasteiger partial charge on any atom is -0.471 e. The molecule has 0 saturated carbocycles. The third kappa shape index (κ3) is 3.74. The van der Waals surface area contributed by atoms with Crippen molar-refractivity contribution in [2.24, 2.45) is 0 Å². The number of rotatable bonds is 3.